The van der Waals surface area contributed by atoms with Crippen LogP contribution in [0.15, 0.2) is 52.8 Å². The molecule has 0 N–H and O–H groups in total. The molecule has 0 aliphatic heterocycles. The Balaban J connectivity index is 1.94. The van der Waals surface area contributed by atoms with Gasteiger partial charge in [-0.2, -0.15) is 0 Å². The summed E-state index contributed by atoms with van der Waals surface area (Å²) in [6.07, 6.45) is 17.7. The Bertz CT molecular complexity index is 1280. The molecular weight excluding hydrogens is 561 g/mol. The van der Waals surface area contributed by atoms with Crippen LogP contribution in [0.25, 0.3) is 16.2 Å². The monoisotopic (exact) mass is 614 g/mol. The third-order valence-corrected chi connectivity index (χ3v) is 9.46. The molecule has 238 valence electrons. The van der Waals surface area contributed by atoms with Crippen molar-refractivity contribution >= 4 is 32.8 Å². The lowest BCUT2D eigenvalue weighted by Crippen LogP contribution is -2.34. The van der Waals surface area contributed by atoms with Crippen LogP contribution in [-0.2, 0) is 6.42 Å². The van der Waals surface area contributed by atoms with E-state index in [2.05, 4.69) is 77.6 Å². The molecule has 0 bridgehead atoms. The van der Waals surface area contributed by atoms with E-state index in [0.29, 0.717) is 33.4 Å². The number of thiazole rings is 1. The molecule has 7 heteroatoms. The minimum absolute atomic E-state index is 0.489. The smallest absolute Gasteiger partial charge is 0.271 e. The molecule has 0 fully saturated rings. The lowest BCUT2D eigenvalue weighted by atomic mass is 9.95. The number of aromatic nitrogens is 2. The van der Waals surface area contributed by atoms with Crippen molar-refractivity contribution < 1.29 is 0 Å². The number of benzene rings is 1. The SMILES string of the molecule is [C-]#[N+]c1sc(N=Nc2ccc(N(CC(CC)CCCC)CC(CC)CCCC)cc2CCCCCC)nc1-c1ccccn1. The Hall–Kier alpha value is -3.11. The van der Waals surface area contributed by atoms with Gasteiger partial charge in [-0.25, -0.2) is 9.83 Å². The normalized spacial score (nSPS) is 12.8. The molecule has 0 spiro atoms. The van der Waals surface area contributed by atoms with E-state index in [4.69, 9.17) is 11.7 Å². The molecule has 0 radical (unpaired) electrons. The van der Waals surface area contributed by atoms with Gasteiger partial charge >= 0.3 is 0 Å². The number of anilines is 1. The van der Waals surface area contributed by atoms with E-state index in [0.717, 1.165) is 31.6 Å². The molecule has 3 rings (SSSR count). The Morgan fingerprint density at radius 3 is 2.14 bits per heavy atom. The number of rotatable bonds is 21. The number of unbranched alkanes of at least 4 members (excludes halogenated alkanes) is 5. The third kappa shape index (κ3) is 11.1. The summed E-state index contributed by atoms with van der Waals surface area (Å²) in [6, 6.07) is 12.5. The molecule has 0 saturated carbocycles. The maximum Gasteiger partial charge on any atom is 0.271 e. The predicted octanol–water partition coefficient (Wildman–Crippen LogP) is 12.5. The Morgan fingerprint density at radius 2 is 1.55 bits per heavy atom. The lowest BCUT2D eigenvalue weighted by Gasteiger charge is -2.33. The van der Waals surface area contributed by atoms with E-state index in [1.807, 2.05) is 18.2 Å². The zero-order chi connectivity index (χ0) is 31.6. The fraction of sp³-hybridized carbons (Fsp3) is 0.595. The average Bonchev–Trinajstić information content (AvgIpc) is 3.49. The average molecular weight is 615 g/mol. The first-order valence-electron chi connectivity index (χ1n) is 17.2. The first-order valence-corrected chi connectivity index (χ1v) is 18.0. The summed E-state index contributed by atoms with van der Waals surface area (Å²) in [6.45, 7) is 21.4. The zero-order valence-corrected chi connectivity index (χ0v) is 28.7. The lowest BCUT2D eigenvalue weighted by molar-refractivity contribution is 0.403. The van der Waals surface area contributed by atoms with E-state index in [1.165, 1.54) is 93.2 Å². The fourth-order valence-corrected chi connectivity index (χ4v) is 6.42. The Morgan fingerprint density at radius 1 is 0.841 bits per heavy atom. The van der Waals surface area contributed by atoms with Crippen LogP contribution in [0.2, 0.25) is 0 Å². The summed E-state index contributed by atoms with van der Waals surface area (Å²) < 4.78 is 0. The van der Waals surface area contributed by atoms with Gasteiger partial charge in [-0.05, 0) is 73.4 Å². The highest BCUT2D eigenvalue weighted by Crippen LogP contribution is 2.39. The molecule has 3 aromatic rings. The maximum absolute atomic E-state index is 7.64. The first-order chi connectivity index (χ1) is 21.6. The van der Waals surface area contributed by atoms with Crippen molar-refractivity contribution in [2.75, 3.05) is 18.0 Å². The fourth-order valence-electron chi connectivity index (χ4n) is 5.74. The second-order valence-corrected chi connectivity index (χ2v) is 13.0. The Kier molecular flexibility index (Phi) is 16.1. The van der Waals surface area contributed by atoms with Gasteiger partial charge in [0.2, 0.25) is 5.13 Å². The molecule has 0 aliphatic carbocycles. The largest absolute Gasteiger partial charge is 0.371 e. The summed E-state index contributed by atoms with van der Waals surface area (Å²) in [4.78, 5) is 15.4. The van der Waals surface area contributed by atoms with E-state index < -0.39 is 0 Å². The van der Waals surface area contributed by atoms with Gasteiger partial charge in [0.25, 0.3) is 5.00 Å². The van der Waals surface area contributed by atoms with Crippen LogP contribution in [0.5, 0.6) is 0 Å². The van der Waals surface area contributed by atoms with Crippen molar-refractivity contribution in [3.05, 3.63) is 59.6 Å². The molecule has 0 amide bonds. The number of hydrogen-bond acceptors (Lipinski definition) is 6. The van der Waals surface area contributed by atoms with Gasteiger partial charge in [0, 0.05) is 25.0 Å². The van der Waals surface area contributed by atoms with E-state index in [-0.39, 0.29) is 0 Å². The summed E-state index contributed by atoms with van der Waals surface area (Å²) in [5.41, 5.74) is 4.74. The maximum atomic E-state index is 7.64. The number of pyridine rings is 1. The van der Waals surface area contributed by atoms with Crippen molar-refractivity contribution in [2.24, 2.45) is 22.1 Å². The van der Waals surface area contributed by atoms with Crippen molar-refractivity contribution in [3.63, 3.8) is 0 Å². The highest BCUT2D eigenvalue weighted by Gasteiger charge is 2.19. The number of nitrogens with zero attached hydrogens (tertiary/aromatic N) is 6. The van der Waals surface area contributed by atoms with Crippen molar-refractivity contribution in [2.45, 2.75) is 118 Å². The first kappa shape index (κ1) is 35.4. The molecule has 2 unspecified atom stereocenters. The summed E-state index contributed by atoms with van der Waals surface area (Å²) in [5, 5.41) is 10.3. The number of hydrogen-bond donors (Lipinski definition) is 0. The van der Waals surface area contributed by atoms with Gasteiger partial charge in [-0.15, -0.1) is 21.6 Å². The van der Waals surface area contributed by atoms with Crippen molar-refractivity contribution in [3.8, 4) is 11.4 Å². The van der Waals surface area contributed by atoms with Crippen LogP contribution < -0.4 is 4.90 Å². The summed E-state index contributed by atoms with van der Waals surface area (Å²) in [7, 11) is 0. The number of azo groups is 1. The minimum atomic E-state index is 0.489. The molecular formula is C37H54N6S. The van der Waals surface area contributed by atoms with Crippen LogP contribution in [0.1, 0.15) is 117 Å². The zero-order valence-electron chi connectivity index (χ0n) is 27.9. The van der Waals surface area contributed by atoms with Gasteiger partial charge in [0.1, 0.15) is 5.69 Å². The second kappa shape index (κ2) is 20.0. The minimum Gasteiger partial charge on any atom is -0.371 e. The van der Waals surface area contributed by atoms with E-state index in [9.17, 15) is 0 Å². The van der Waals surface area contributed by atoms with Crippen LogP contribution in [0.4, 0.5) is 21.5 Å². The summed E-state index contributed by atoms with van der Waals surface area (Å²) in [5.74, 6) is 1.42. The molecule has 2 heterocycles. The van der Waals surface area contributed by atoms with Crippen molar-refractivity contribution in [1.29, 1.82) is 0 Å². The Labute approximate surface area is 271 Å². The van der Waals surface area contributed by atoms with Gasteiger partial charge in [-0.1, -0.05) is 98.5 Å². The van der Waals surface area contributed by atoms with Crippen LogP contribution in [0, 0.1) is 18.4 Å². The second-order valence-electron chi connectivity index (χ2n) is 12.0. The molecule has 0 saturated heterocycles. The van der Waals surface area contributed by atoms with Crippen LogP contribution in [-0.4, -0.2) is 23.1 Å². The standard InChI is InChI=1S/C37H54N6S/c1-7-12-15-16-21-31-26-32(43(27-29(10-4)19-13-8-2)28-30(11-5)20-14-9-3)23-24-33(31)41-42-37-40-35(36(38-6)44-37)34-22-17-18-25-39-34/h17-18,22-26,29-30H,7-16,19-21,27-28H2,1-5H3. The van der Waals surface area contributed by atoms with Gasteiger partial charge in [0.15, 0.2) is 0 Å². The predicted molar refractivity (Wildman–Crippen MR) is 189 cm³/mol. The summed E-state index contributed by atoms with van der Waals surface area (Å²) >= 11 is 1.27. The van der Waals surface area contributed by atoms with E-state index >= 15 is 0 Å². The van der Waals surface area contributed by atoms with E-state index in [1.54, 1.807) is 6.20 Å². The van der Waals surface area contributed by atoms with Crippen molar-refractivity contribution in [1.82, 2.24) is 9.97 Å². The molecule has 0 aliphatic rings. The molecule has 2 aromatic heterocycles. The van der Waals surface area contributed by atoms with Gasteiger partial charge in [-0.3, -0.25) is 4.98 Å². The molecule has 2 atom stereocenters. The molecule has 6 nitrogen and oxygen atoms in total. The van der Waals surface area contributed by atoms with Crippen LogP contribution in [0.3, 0.4) is 0 Å². The molecule has 1 aromatic carbocycles. The topological polar surface area (TPSA) is 58.1 Å². The van der Waals surface area contributed by atoms with Gasteiger partial charge < -0.3 is 4.90 Å². The highest BCUT2D eigenvalue weighted by molar-refractivity contribution is 7.19. The van der Waals surface area contributed by atoms with Crippen LogP contribution >= 0.6 is 11.3 Å². The van der Waals surface area contributed by atoms with Gasteiger partial charge in [0.05, 0.1) is 18.0 Å². The third-order valence-electron chi connectivity index (χ3n) is 8.62. The molecule has 44 heavy (non-hydrogen) atoms. The number of aryl methyl sites for hydroxylation is 1. The highest BCUT2D eigenvalue weighted by atomic mass is 32.1. The quantitative estimate of drug-likeness (QED) is 0.0681.